The van der Waals surface area contributed by atoms with Gasteiger partial charge in [0.1, 0.15) is 11.0 Å². The molecule has 1 atom stereocenters. The smallest absolute Gasteiger partial charge is 0.228 e. The third kappa shape index (κ3) is 2.54. The van der Waals surface area contributed by atoms with Gasteiger partial charge < -0.3 is 9.88 Å². The molecule has 2 aromatic heterocycles. The molecule has 0 aliphatic carbocycles. The molecule has 0 saturated heterocycles. The fraction of sp³-hybridized carbons (Fsp3) is 0.357. The zero-order valence-corrected chi connectivity index (χ0v) is 11.9. The predicted molar refractivity (Wildman–Crippen MR) is 76.7 cm³/mol. The molecule has 1 aliphatic rings. The first-order chi connectivity index (χ1) is 9.63. The van der Waals surface area contributed by atoms with Crippen molar-refractivity contribution in [2.24, 2.45) is 5.92 Å². The number of hydrogen-bond acceptors (Lipinski definition) is 3. The number of anilines is 1. The van der Waals surface area contributed by atoms with E-state index in [1.165, 1.54) is 0 Å². The van der Waals surface area contributed by atoms with Crippen molar-refractivity contribution in [2.75, 3.05) is 5.32 Å². The van der Waals surface area contributed by atoms with Crippen LogP contribution in [0.3, 0.4) is 0 Å². The van der Waals surface area contributed by atoms with Gasteiger partial charge in [-0.25, -0.2) is 9.97 Å². The zero-order valence-electron chi connectivity index (χ0n) is 11.1. The highest BCUT2D eigenvalue weighted by Crippen LogP contribution is 2.22. The Balaban J connectivity index is 1.71. The third-order valence-corrected chi connectivity index (χ3v) is 3.86. The van der Waals surface area contributed by atoms with Crippen LogP contribution in [0.25, 0.3) is 0 Å². The summed E-state index contributed by atoms with van der Waals surface area (Å²) in [6.45, 7) is 2.74. The number of pyridine rings is 1. The molecule has 0 spiro atoms. The molecule has 1 N–H and O–H groups in total. The minimum Gasteiger partial charge on any atom is -0.335 e. The molecular formula is C14H15ClN4O. The molecule has 1 unspecified atom stereocenters. The van der Waals surface area contributed by atoms with Crippen molar-refractivity contribution in [1.82, 2.24) is 14.5 Å². The van der Waals surface area contributed by atoms with E-state index in [2.05, 4.69) is 19.9 Å². The van der Waals surface area contributed by atoms with E-state index in [1.807, 2.05) is 13.1 Å². The van der Waals surface area contributed by atoms with E-state index in [0.29, 0.717) is 17.3 Å². The van der Waals surface area contributed by atoms with Crippen LogP contribution in [0.15, 0.2) is 24.7 Å². The average molecular weight is 291 g/mol. The van der Waals surface area contributed by atoms with Crippen molar-refractivity contribution in [2.45, 2.75) is 26.3 Å². The second-order valence-corrected chi connectivity index (χ2v) is 5.43. The molecular weight excluding hydrogens is 276 g/mol. The minimum absolute atomic E-state index is 0.0199. The highest BCUT2D eigenvalue weighted by atomic mass is 35.5. The maximum atomic E-state index is 12.3. The van der Waals surface area contributed by atoms with E-state index in [4.69, 9.17) is 11.6 Å². The number of fused-ring (bicyclic) bond motifs is 1. The summed E-state index contributed by atoms with van der Waals surface area (Å²) in [5.74, 6) is 0.953. The Bertz CT molecular complexity index is 652. The summed E-state index contributed by atoms with van der Waals surface area (Å²) < 4.78 is 2.10. The van der Waals surface area contributed by atoms with Gasteiger partial charge in [-0.1, -0.05) is 11.6 Å². The van der Waals surface area contributed by atoms with E-state index in [1.54, 1.807) is 18.5 Å². The van der Waals surface area contributed by atoms with Gasteiger partial charge in [0.2, 0.25) is 5.91 Å². The van der Waals surface area contributed by atoms with Crippen LogP contribution < -0.4 is 5.32 Å². The maximum absolute atomic E-state index is 12.3. The number of hydrogen-bond donors (Lipinski definition) is 1. The van der Waals surface area contributed by atoms with Crippen molar-refractivity contribution >= 4 is 23.2 Å². The summed E-state index contributed by atoms with van der Waals surface area (Å²) in [6, 6.07) is 1.74. The number of aryl methyl sites for hydroxylation is 2. The molecule has 3 heterocycles. The number of imidazole rings is 1. The minimum atomic E-state index is -0.0417. The van der Waals surface area contributed by atoms with Gasteiger partial charge in [-0.3, -0.25) is 4.79 Å². The molecule has 0 aromatic carbocycles. The summed E-state index contributed by atoms with van der Waals surface area (Å²) in [5.41, 5.74) is 1.63. The van der Waals surface area contributed by atoms with Gasteiger partial charge in [-0.15, -0.1) is 0 Å². The monoisotopic (exact) mass is 290 g/mol. The number of nitrogens with zero attached hydrogens (tertiary/aromatic N) is 3. The Labute approximate surface area is 122 Å². The first-order valence-corrected chi connectivity index (χ1v) is 6.94. The molecule has 2 aromatic rings. The first kappa shape index (κ1) is 13.1. The fourth-order valence-corrected chi connectivity index (χ4v) is 2.67. The SMILES string of the molecule is Cc1cc(Cl)ncc1NC(=O)C1CCn2ccnc2C1. The van der Waals surface area contributed by atoms with Crippen molar-refractivity contribution in [3.05, 3.63) is 41.2 Å². The van der Waals surface area contributed by atoms with Crippen LogP contribution in [0.1, 0.15) is 17.8 Å². The standard InChI is InChI=1S/C14H15ClN4O/c1-9-6-12(15)17-8-11(9)18-14(20)10-2-4-19-5-3-16-13(19)7-10/h3,5-6,8,10H,2,4,7H2,1H3,(H,18,20). The van der Waals surface area contributed by atoms with Crippen LogP contribution in [-0.2, 0) is 17.8 Å². The van der Waals surface area contributed by atoms with E-state index in [9.17, 15) is 4.79 Å². The number of nitrogens with one attached hydrogen (secondary N) is 1. The van der Waals surface area contributed by atoms with Gasteiger partial charge in [0, 0.05) is 31.3 Å². The lowest BCUT2D eigenvalue weighted by Gasteiger charge is -2.22. The van der Waals surface area contributed by atoms with Gasteiger partial charge in [-0.05, 0) is 25.0 Å². The Morgan fingerprint density at radius 2 is 2.35 bits per heavy atom. The Kier molecular flexibility index (Phi) is 3.44. The van der Waals surface area contributed by atoms with Crippen LogP contribution in [-0.4, -0.2) is 20.4 Å². The number of carbonyl (C=O) groups is 1. The fourth-order valence-electron chi connectivity index (χ4n) is 2.46. The molecule has 0 saturated carbocycles. The topological polar surface area (TPSA) is 59.8 Å². The Morgan fingerprint density at radius 1 is 1.50 bits per heavy atom. The van der Waals surface area contributed by atoms with Gasteiger partial charge in [-0.2, -0.15) is 0 Å². The van der Waals surface area contributed by atoms with Gasteiger partial charge >= 0.3 is 0 Å². The van der Waals surface area contributed by atoms with Crippen LogP contribution in [0.4, 0.5) is 5.69 Å². The third-order valence-electron chi connectivity index (χ3n) is 3.66. The van der Waals surface area contributed by atoms with Crippen molar-refractivity contribution in [1.29, 1.82) is 0 Å². The van der Waals surface area contributed by atoms with E-state index >= 15 is 0 Å². The lowest BCUT2D eigenvalue weighted by atomic mass is 9.96. The molecule has 20 heavy (non-hydrogen) atoms. The highest BCUT2D eigenvalue weighted by Gasteiger charge is 2.25. The lowest BCUT2D eigenvalue weighted by molar-refractivity contribution is -0.120. The molecule has 0 bridgehead atoms. The number of rotatable bonds is 2. The van der Waals surface area contributed by atoms with Crippen LogP contribution in [0, 0.1) is 12.8 Å². The van der Waals surface area contributed by atoms with Gasteiger partial charge in [0.05, 0.1) is 11.9 Å². The van der Waals surface area contributed by atoms with Crippen molar-refractivity contribution in [3.8, 4) is 0 Å². The molecule has 6 heteroatoms. The zero-order chi connectivity index (χ0) is 14.1. The molecule has 0 fully saturated rings. The molecule has 1 amide bonds. The largest absolute Gasteiger partial charge is 0.335 e. The summed E-state index contributed by atoms with van der Waals surface area (Å²) in [6.07, 6.45) is 6.84. The number of aromatic nitrogens is 3. The van der Waals surface area contributed by atoms with E-state index in [-0.39, 0.29) is 11.8 Å². The number of carbonyl (C=O) groups excluding carboxylic acids is 1. The summed E-state index contributed by atoms with van der Waals surface area (Å²) >= 11 is 5.81. The molecule has 1 aliphatic heterocycles. The summed E-state index contributed by atoms with van der Waals surface area (Å²) in [7, 11) is 0. The first-order valence-electron chi connectivity index (χ1n) is 6.56. The highest BCUT2D eigenvalue weighted by molar-refractivity contribution is 6.29. The van der Waals surface area contributed by atoms with E-state index < -0.39 is 0 Å². The normalized spacial score (nSPS) is 17.6. The molecule has 0 radical (unpaired) electrons. The Morgan fingerprint density at radius 3 is 3.15 bits per heavy atom. The van der Waals surface area contributed by atoms with Crippen molar-refractivity contribution in [3.63, 3.8) is 0 Å². The molecule has 104 valence electrons. The average Bonchev–Trinajstić information content (AvgIpc) is 2.89. The van der Waals surface area contributed by atoms with Crippen LogP contribution in [0.5, 0.6) is 0 Å². The Hall–Kier alpha value is -1.88. The number of halogens is 1. The van der Waals surface area contributed by atoms with Crippen LogP contribution in [0.2, 0.25) is 5.15 Å². The van der Waals surface area contributed by atoms with Crippen molar-refractivity contribution < 1.29 is 4.79 Å². The molecule has 3 rings (SSSR count). The van der Waals surface area contributed by atoms with Gasteiger partial charge in [0.25, 0.3) is 0 Å². The molecule has 5 nitrogen and oxygen atoms in total. The second kappa shape index (κ2) is 5.25. The maximum Gasteiger partial charge on any atom is 0.228 e. The quantitative estimate of drug-likeness (QED) is 0.864. The van der Waals surface area contributed by atoms with Gasteiger partial charge in [0.15, 0.2) is 0 Å². The summed E-state index contributed by atoms with van der Waals surface area (Å²) in [5, 5.41) is 3.36. The van der Waals surface area contributed by atoms with Crippen LogP contribution >= 0.6 is 11.6 Å². The van der Waals surface area contributed by atoms with E-state index in [0.717, 1.165) is 24.4 Å². The summed E-state index contributed by atoms with van der Waals surface area (Å²) in [4.78, 5) is 20.6. The second-order valence-electron chi connectivity index (χ2n) is 5.04. The predicted octanol–water partition coefficient (Wildman–Crippen LogP) is 2.44. The number of amides is 1. The lowest BCUT2D eigenvalue weighted by Crippen LogP contribution is -2.30.